The SMILES string of the molecule is c1ccc(-c2cc(-c3ccccc3)nc(-c3cccc4c3-c3c(-c5cccc(-c6nccc7ccccc67)c5)cccc3C43c4ccccc4Sc4ccccc43)n2)cc1. The monoisotopic (exact) mass is 781 g/mol. The second kappa shape index (κ2) is 13.9. The quantitative estimate of drug-likeness (QED) is 0.174. The van der Waals surface area contributed by atoms with Crippen molar-refractivity contribution in [3.63, 3.8) is 0 Å². The summed E-state index contributed by atoms with van der Waals surface area (Å²) in [5, 5.41) is 2.31. The number of rotatable bonds is 5. The maximum absolute atomic E-state index is 5.43. The molecule has 12 rings (SSSR count). The normalized spacial score (nSPS) is 13.1. The Bertz CT molecular complexity index is 3190. The number of hydrogen-bond acceptors (Lipinski definition) is 4. The van der Waals surface area contributed by atoms with Gasteiger partial charge < -0.3 is 0 Å². The first-order valence-corrected chi connectivity index (χ1v) is 21.2. The van der Waals surface area contributed by atoms with E-state index in [1.54, 1.807) is 0 Å². The Balaban J connectivity index is 1.18. The summed E-state index contributed by atoms with van der Waals surface area (Å²) in [5.74, 6) is 0.699. The van der Waals surface area contributed by atoms with Crippen molar-refractivity contribution < 1.29 is 0 Å². The van der Waals surface area contributed by atoms with E-state index >= 15 is 0 Å². The average Bonchev–Trinajstić information content (AvgIpc) is 3.63. The Kier molecular flexibility index (Phi) is 8.00. The molecule has 1 spiro atoms. The summed E-state index contributed by atoms with van der Waals surface area (Å²) in [5.41, 5.74) is 16.1. The van der Waals surface area contributed by atoms with Gasteiger partial charge in [-0.3, -0.25) is 4.98 Å². The third-order valence-corrected chi connectivity index (χ3v) is 13.4. The number of aromatic nitrogens is 3. The van der Waals surface area contributed by atoms with Crippen LogP contribution in [0.4, 0.5) is 0 Å². The van der Waals surface area contributed by atoms with Crippen molar-refractivity contribution in [2.45, 2.75) is 15.2 Å². The Morgan fingerprint density at radius 3 is 1.58 bits per heavy atom. The highest BCUT2D eigenvalue weighted by Gasteiger charge is 2.51. The van der Waals surface area contributed by atoms with E-state index in [1.165, 1.54) is 43.0 Å². The van der Waals surface area contributed by atoms with Crippen LogP contribution in [0.25, 0.3) is 78.2 Å². The molecule has 3 heterocycles. The molecule has 0 unspecified atom stereocenters. The van der Waals surface area contributed by atoms with Crippen LogP contribution in [-0.2, 0) is 5.41 Å². The molecule has 3 nitrogen and oxygen atoms in total. The summed E-state index contributed by atoms with van der Waals surface area (Å²) in [4.78, 5) is 18.3. The molecule has 0 saturated carbocycles. The third kappa shape index (κ3) is 5.28. The van der Waals surface area contributed by atoms with Crippen molar-refractivity contribution in [3.8, 4) is 67.4 Å². The molecule has 60 heavy (non-hydrogen) atoms. The molecule has 0 saturated heterocycles. The van der Waals surface area contributed by atoms with Crippen molar-refractivity contribution in [2.24, 2.45) is 0 Å². The van der Waals surface area contributed by atoms with Crippen LogP contribution in [0, 0.1) is 0 Å². The van der Waals surface area contributed by atoms with Gasteiger partial charge in [0, 0.05) is 43.6 Å². The topological polar surface area (TPSA) is 38.7 Å². The van der Waals surface area contributed by atoms with Crippen molar-refractivity contribution in [1.82, 2.24) is 15.0 Å². The van der Waals surface area contributed by atoms with Gasteiger partial charge in [-0.15, -0.1) is 0 Å². The van der Waals surface area contributed by atoms with Crippen molar-refractivity contribution >= 4 is 22.5 Å². The minimum atomic E-state index is -0.580. The molecule has 0 bridgehead atoms. The highest BCUT2D eigenvalue weighted by Crippen LogP contribution is 2.64. The van der Waals surface area contributed by atoms with E-state index in [4.69, 9.17) is 15.0 Å². The van der Waals surface area contributed by atoms with Gasteiger partial charge in [0.05, 0.1) is 22.5 Å². The van der Waals surface area contributed by atoms with Gasteiger partial charge >= 0.3 is 0 Å². The van der Waals surface area contributed by atoms with Gasteiger partial charge in [0.15, 0.2) is 5.82 Å². The molecule has 0 atom stereocenters. The Labute approximate surface area is 353 Å². The molecule has 0 fully saturated rings. The molecule has 0 amide bonds. The first-order chi connectivity index (χ1) is 29.8. The standard InChI is InChI=1S/C56H35N3S/c1-3-17-37(18-4-1)48-35-49(38-19-5-2-6-20-38)59-55(58-48)43-25-15-29-47-53(43)52-41(39-21-13-22-40(34-39)54-42-23-8-7-16-36(42)32-33-57-54)24-14-28-46(52)56(47)44-26-9-11-30-50(44)60-51-31-12-10-27-45(51)56/h1-35H. The van der Waals surface area contributed by atoms with Crippen LogP contribution in [0.1, 0.15) is 22.3 Å². The fraction of sp³-hybridized carbons (Fsp3) is 0.0179. The fourth-order valence-electron chi connectivity index (χ4n) is 9.68. The minimum absolute atomic E-state index is 0.580. The summed E-state index contributed by atoms with van der Waals surface area (Å²) in [6.07, 6.45) is 1.92. The molecular formula is C56H35N3S. The predicted octanol–water partition coefficient (Wildman–Crippen LogP) is 14.2. The van der Waals surface area contributed by atoms with E-state index in [0.717, 1.165) is 61.4 Å². The smallest absolute Gasteiger partial charge is 0.161 e. The third-order valence-electron chi connectivity index (χ3n) is 12.2. The highest BCUT2D eigenvalue weighted by molar-refractivity contribution is 7.99. The lowest BCUT2D eigenvalue weighted by atomic mass is 9.67. The largest absolute Gasteiger partial charge is 0.256 e. The van der Waals surface area contributed by atoms with Crippen molar-refractivity contribution in [3.05, 3.63) is 235 Å². The molecule has 10 aromatic rings. The Hall–Kier alpha value is -7.40. The van der Waals surface area contributed by atoms with E-state index < -0.39 is 5.41 Å². The first-order valence-electron chi connectivity index (χ1n) is 20.3. The van der Waals surface area contributed by atoms with Gasteiger partial charge in [-0.1, -0.05) is 188 Å². The van der Waals surface area contributed by atoms with Gasteiger partial charge in [0.25, 0.3) is 0 Å². The van der Waals surface area contributed by atoms with E-state index in [-0.39, 0.29) is 0 Å². The average molecular weight is 782 g/mol. The van der Waals surface area contributed by atoms with Crippen LogP contribution < -0.4 is 0 Å². The van der Waals surface area contributed by atoms with Gasteiger partial charge in [-0.05, 0) is 80.2 Å². The summed E-state index contributed by atoms with van der Waals surface area (Å²) in [6, 6.07) is 74.2. The highest BCUT2D eigenvalue weighted by atomic mass is 32.2. The molecule has 4 heteroatoms. The van der Waals surface area contributed by atoms with E-state index in [0.29, 0.717) is 5.82 Å². The summed E-state index contributed by atoms with van der Waals surface area (Å²) in [7, 11) is 0. The maximum Gasteiger partial charge on any atom is 0.161 e. The van der Waals surface area contributed by atoms with E-state index in [2.05, 4.69) is 206 Å². The molecule has 0 N–H and O–H groups in total. The molecule has 280 valence electrons. The summed E-state index contributed by atoms with van der Waals surface area (Å²) in [6.45, 7) is 0. The van der Waals surface area contributed by atoms with Crippen molar-refractivity contribution in [2.75, 3.05) is 0 Å². The summed E-state index contributed by atoms with van der Waals surface area (Å²) >= 11 is 1.86. The predicted molar refractivity (Wildman–Crippen MR) is 246 cm³/mol. The second-order valence-corrected chi connectivity index (χ2v) is 16.5. The maximum atomic E-state index is 5.43. The van der Waals surface area contributed by atoms with Crippen LogP contribution in [0.5, 0.6) is 0 Å². The lowest BCUT2D eigenvalue weighted by Gasteiger charge is -2.39. The molecule has 2 aromatic heterocycles. The molecule has 2 aliphatic rings. The van der Waals surface area contributed by atoms with Crippen LogP contribution in [0.3, 0.4) is 0 Å². The number of hydrogen-bond donors (Lipinski definition) is 0. The zero-order chi connectivity index (χ0) is 39.6. The van der Waals surface area contributed by atoms with Crippen LogP contribution >= 0.6 is 11.8 Å². The zero-order valence-corrected chi connectivity index (χ0v) is 33.3. The first kappa shape index (κ1) is 34.6. The number of nitrogens with zero attached hydrogens (tertiary/aromatic N) is 3. The van der Waals surface area contributed by atoms with E-state index in [1.807, 2.05) is 18.0 Å². The molecule has 1 aliphatic heterocycles. The van der Waals surface area contributed by atoms with Crippen LogP contribution in [0.15, 0.2) is 222 Å². The number of pyridine rings is 1. The molecule has 0 radical (unpaired) electrons. The molecular weight excluding hydrogens is 747 g/mol. The molecule has 8 aromatic carbocycles. The van der Waals surface area contributed by atoms with Crippen LogP contribution in [-0.4, -0.2) is 15.0 Å². The second-order valence-electron chi connectivity index (χ2n) is 15.5. The van der Waals surface area contributed by atoms with Gasteiger partial charge in [-0.25, -0.2) is 9.97 Å². The van der Waals surface area contributed by atoms with Gasteiger partial charge in [0.2, 0.25) is 0 Å². The van der Waals surface area contributed by atoms with Gasteiger partial charge in [-0.2, -0.15) is 0 Å². The van der Waals surface area contributed by atoms with Gasteiger partial charge in [0.1, 0.15) is 0 Å². The number of fused-ring (bicyclic) bond motifs is 10. The fourth-order valence-corrected chi connectivity index (χ4v) is 10.9. The van der Waals surface area contributed by atoms with Crippen molar-refractivity contribution in [1.29, 1.82) is 0 Å². The summed E-state index contributed by atoms with van der Waals surface area (Å²) < 4.78 is 0. The van der Waals surface area contributed by atoms with Crippen LogP contribution in [0.2, 0.25) is 0 Å². The Morgan fingerprint density at radius 1 is 0.383 bits per heavy atom. The zero-order valence-electron chi connectivity index (χ0n) is 32.5. The lowest BCUT2D eigenvalue weighted by molar-refractivity contribution is 0.722. The Morgan fingerprint density at radius 2 is 0.900 bits per heavy atom. The number of benzene rings is 8. The minimum Gasteiger partial charge on any atom is -0.256 e. The van der Waals surface area contributed by atoms with E-state index in [9.17, 15) is 0 Å². The molecule has 1 aliphatic carbocycles. The lowest BCUT2D eigenvalue weighted by Crippen LogP contribution is -2.31.